The molecule has 1 amide bonds. The van der Waals surface area contributed by atoms with Crippen molar-refractivity contribution in [2.75, 3.05) is 44.2 Å². The summed E-state index contributed by atoms with van der Waals surface area (Å²) in [7, 11) is 0. The summed E-state index contributed by atoms with van der Waals surface area (Å²) in [6.45, 7) is 9.55. The quantitative estimate of drug-likeness (QED) is 0.813. The van der Waals surface area contributed by atoms with Gasteiger partial charge in [0.2, 0.25) is 5.91 Å². The first-order valence-corrected chi connectivity index (χ1v) is 10.3. The fraction of sp³-hybridized carbons (Fsp3) is 0.524. The van der Waals surface area contributed by atoms with E-state index in [2.05, 4.69) is 38.6 Å². The van der Waals surface area contributed by atoms with Crippen LogP contribution >= 0.6 is 0 Å². The van der Waals surface area contributed by atoms with Crippen LogP contribution in [0.2, 0.25) is 0 Å². The highest BCUT2D eigenvalue weighted by Crippen LogP contribution is 2.24. The van der Waals surface area contributed by atoms with E-state index in [-0.39, 0.29) is 11.9 Å². The number of piperazine rings is 1. The SMILES string of the molecule is CCNC(=O)C1CC(N2CCN(c3cc(C)nn3-c3ccccc3)CC2)CN1. The summed E-state index contributed by atoms with van der Waals surface area (Å²) in [5.74, 6) is 1.29. The average molecular weight is 383 g/mol. The van der Waals surface area contributed by atoms with Gasteiger partial charge in [-0.25, -0.2) is 4.68 Å². The van der Waals surface area contributed by atoms with Gasteiger partial charge in [0.15, 0.2) is 0 Å². The van der Waals surface area contributed by atoms with E-state index < -0.39 is 0 Å². The molecule has 28 heavy (non-hydrogen) atoms. The Hall–Kier alpha value is -2.38. The summed E-state index contributed by atoms with van der Waals surface area (Å²) in [5.41, 5.74) is 2.13. The molecule has 150 valence electrons. The van der Waals surface area contributed by atoms with E-state index >= 15 is 0 Å². The number of carbonyl (C=O) groups excluding carboxylic acids is 1. The van der Waals surface area contributed by atoms with E-state index in [1.807, 2.05) is 36.7 Å². The number of para-hydroxylation sites is 1. The second-order valence-electron chi connectivity index (χ2n) is 7.66. The molecule has 3 heterocycles. The van der Waals surface area contributed by atoms with Gasteiger partial charge in [-0.2, -0.15) is 5.10 Å². The second-order valence-corrected chi connectivity index (χ2v) is 7.66. The minimum atomic E-state index is -0.0508. The molecule has 7 heteroatoms. The number of aryl methyl sites for hydroxylation is 1. The Labute approximate surface area is 166 Å². The fourth-order valence-corrected chi connectivity index (χ4v) is 4.28. The summed E-state index contributed by atoms with van der Waals surface area (Å²) in [4.78, 5) is 17.0. The molecule has 0 bridgehead atoms. The Balaban J connectivity index is 1.39. The smallest absolute Gasteiger partial charge is 0.237 e. The Morgan fingerprint density at radius 3 is 2.68 bits per heavy atom. The van der Waals surface area contributed by atoms with Crippen molar-refractivity contribution in [2.24, 2.45) is 0 Å². The van der Waals surface area contributed by atoms with E-state index in [1.54, 1.807) is 0 Å². The lowest BCUT2D eigenvalue weighted by Gasteiger charge is -2.38. The molecular weight excluding hydrogens is 352 g/mol. The first-order valence-electron chi connectivity index (χ1n) is 10.3. The number of hydrogen-bond acceptors (Lipinski definition) is 5. The molecule has 2 atom stereocenters. The van der Waals surface area contributed by atoms with Gasteiger partial charge in [-0.15, -0.1) is 0 Å². The van der Waals surface area contributed by atoms with Crippen LogP contribution in [-0.2, 0) is 4.79 Å². The van der Waals surface area contributed by atoms with Crippen LogP contribution in [0.15, 0.2) is 36.4 Å². The topological polar surface area (TPSA) is 65.4 Å². The summed E-state index contributed by atoms with van der Waals surface area (Å²) in [5, 5.41) is 11.0. The van der Waals surface area contributed by atoms with Gasteiger partial charge < -0.3 is 15.5 Å². The zero-order chi connectivity index (χ0) is 19.5. The van der Waals surface area contributed by atoms with Gasteiger partial charge in [-0.1, -0.05) is 18.2 Å². The first-order chi connectivity index (χ1) is 13.7. The Kier molecular flexibility index (Phi) is 5.64. The number of hydrogen-bond donors (Lipinski definition) is 2. The Morgan fingerprint density at radius 1 is 1.21 bits per heavy atom. The van der Waals surface area contributed by atoms with Gasteiger partial charge in [-0.05, 0) is 32.4 Å². The molecule has 1 aromatic heterocycles. The standard InChI is InChI=1S/C21H30N6O/c1-3-22-21(28)19-14-18(15-23-19)25-9-11-26(12-10-25)20-13-16(2)24-27(20)17-7-5-4-6-8-17/h4-8,13,18-19,23H,3,9-12,14-15H2,1-2H3,(H,22,28). The van der Waals surface area contributed by atoms with Crippen LogP contribution in [0.25, 0.3) is 5.69 Å². The molecule has 0 spiro atoms. The summed E-state index contributed by atoms with van der Waals surface area (Å²) < 4.78 is 2.05. The average Bonchev–Trinajstić information content (AvgIpc) is 3.36. The first kappa shape index (κ1) is 19.0. The van der Waals surface area contributed by atoms with E-state index in [0.29, 0.717) is 12.6 Å². The van der Waals surface area contributed by atoms with Crippen molar-refractivity contribution in [1.82, 2.24) is 25.3 Å². The fourth-order valence-electron chi connectivity index (χ4n) is 4.28. The zero-order valence-corrected chi connectivity index (χ0v) is 16.8. The zero-order valence-electron chi connectivity index (χ0n) is 16.8. The van der Waals surface area contributed by atoms with Crippen LogP contribution in [0.4, 0.5) is 5.82 Å². The maximum atomic E-state index is 12.1. The number of amides is 1. The molecule has 0 radical (unpaired) electrons. The molecule has 2 N–H and O–H groups in total. The maximum Gasteiger partial charge on any atom is 0.237 e. The largest absolute Gasteiger partial charge is 0.355 e. The van der Waals surface area contributed by atoms with E-state index in [0.717, 1.165) is 56.3 Å². The molecule has 0 aliphatic carbocycles. The Morgan fingerprint density at radius 2 is 1.96 bits per heavy atom. The van der Waals surface area contributed by atoms with Crippen LogP contribution in [0.3, 0.4) is 0 Å². The van der Waals surface area contributed by atoms with Crippen molar-refractivity contribution in [3.8, 4) is 5.69 Å². The van der Waals surface area contributed by atoms with Gasteiger partial charge in [-0.3, -0.25) is 9.69 Å². The number of aromatic nitrogens is 2. The van der Waals surface area contributed by atoms with Gasteiger partial charge >= 0.3 is 0 Å². The lowest BCUT2D eigenvalue weighted by Crippen LogP contribution is -2.51. The van der Waals surface area contributed by atoms with Gasteiger partial charge in [0.05, 0.1) is 17.4 Å². The summed E-state index contributed by atoms with van der Waals surface area (Å²) in [6, 6.07) is 12.9. The third-order valence-corrected chi connectivity index (χ3v) is 5.74. The lowest BCUT2D eigenvalue weighted by molar-refractivity contribution is -0.122. The summed E-state index contributed by atoms with van der Waals surface area (Å²) >= 11 is 0. The second kappa shape index (κ2) is 8.32. The van der Waals surface area contributed by atoms with E-state index in [4.69, 9.17) is 5.10 Å². The van der Waals surface area contributed by atoms with Crippen molar-refractivity contribution >= 4 is 11.7 Å². The number of likely N-dealkylation sites (N-methyl/N-ethyl adjacent to an activating group) is 1. The minimum absolute atomic E-state index is 0.0508. The third kappa shape index (κ3) is 3.91. The third-order valence-electron chi connectivity index (χ3n) is 5.74. The molecule has 2 aliphatic rings. The monoisotopic (exact) mass is 382 g/mol. The van der Waals surface area contributed by atoms with Crippen molar-refractivity contribution in [3.05, 3.63) is 42.1 Å². The minimum Gasteiger partial charge on any atom is -0.355 e. The van der Waals surface area contributed by atoms with Gasteiger partial charge in [0.25, 0.3) is 0 Å². The van der Waals surface area contributed by atoms with E-state index in [1.165, 1.54) is 0 Å². The number of carbonyl (C=O) groups is 1. The number of nitrogens with one attached hydrogen (secondary N) is 2. The van der Waals surface area contributed by atoms with E-state index in [9.17, 15) is 4.79 Å². The molecule has 2 aliphatic heterocycles. The number of anilines is 1. The highest BCUT2D eigenvalue weighted by Gasteiger charge is 2.34. The van der Waals surface area contributed by atoms with Crippen molar-refractivity contribution in [2.45, 2.75) is 32.4 Å². The predicted octanol–water partition coefficient (Wildman–Crippen LogP) is 1.17. The van der Waals surface area contributed by atoms with Crippen LogP contribution in [0.5, 0.6) is 0 Å². The predicted molar refractivity (Wildman–Crippen MR) is 111 cm³/mol. The van der Waals surface area contributed by atoms with Crippen molar-refractivity contribution in [3.63, 3.8) is 0 Å². The number of rotatable bonds is 5. The molecule has 2 fully saturated rings. The molecule has 1 aromatic carbocycles. The summed E-state index contributed by atoms with van der Waals surface area (Å²) in [6.07, 6.45) is 0.896. The normalized spacial score (nSPS) is 23.1. The van der Waals surface area contributed by atoms with Crippen LogP contribution < -0.4 is 15.5 Å². The molecule has 0 saturated carbocycles. The van der Waals surface area contributed by atoms with Crippen molar-refractivity contribution in [1.29, 1.82) is 0 Å². The number of nitrogens with zero attached hydrogens (tertiary/aromatic N) is 4. The lowest BCUT2D eigenvalue weighted by atomic mass is 10.1. The molecule has 4 rings (SSSR count). The van der Waals surface area contributed by atoms with Crippen LogP contribution in [0, 0.1) is 6.92 Å². The number of benzene rings is 1. The molecular formula is C21H30N6O. The van der Waals surface area contributed by atoms with Crippen LogP contribution in [-0.4, -0.2) is 71.9 Å². The molecule has 2 aromatic rings. The molecule has 2 unspecified atom stereocenters. The molecule has 2 saturated heterocycles. The van der Waals surface area contributed by atoms with Crippen molar-refractivity contribution < 1.29 is 4.79 Å². The highest BCUT2D eigenvalue weighted by molar-refractivity contribution is 5.82. The Bertz CT molecular complexity index is 796. The maximum absolute atomic E-state index is 12.1. The van der Waals surface area contributed by atoms with Crippen LogP contribution in [0.1, 0.15) is 19.0 Å². The molecule has 7 nitrogen and oxygen atoms in total. The van der Waals surface area contributed by atoms with Gasteiger partial charge in [0, 0.05) is 51.4 Å². The highest BCUT2D eigenvalue weighted by atomic mass is 16.2. The van der Waals surface area contributed by atoms with Gasteiger partial charge in [0.1, 0.15) is 5.82 Å².